The van der Waals surface area contributed by atoms with Gasteiger partial charge in [0.2, 0.25) is 5.95 Å². The molecule has 0 amide bonds. The molecule has 1 saturated heterocycles. The van der Waals surface area contributed by atoms with Gasteiger partial charge in [0, 0.05) is 31.1 Å². The molecular formula is C12H16N4S. The quantitative estimate of drug-likeness (QED) is 0.819. The maximum Gasteiger partial charge on any atom is 0.224 e. The van der Waals surface area contributed by atoms with Gasteiger partial charge in [0.05, 0.1) is 0 Å². The predicted octanol–water partition coefficient (Wildman–Crippen LogP) is 2.53. The number of aryl methyl sites for hydroxylation is 1. The smallest absolute Gasteiger partial charge is 0.224 e. The van der Waals surface area contributed by atoms with E-state index in [1.54, 1.807) is 11.3 Å². The topological polar surface area (TPSA) is 34.0 Å². The SMILES string of the molecule is Cn1nc(-c2ccsc2)nc1N1CCCCC1. The molecule has 1 aliphatic rings. The molecule has 0 N–H and O–H groups in total. The van der Waals surface area contributed by atoms with Crippen LogP contribution in [0, 0.1) is 0 Å². The van der Waals surface area contributed by atoms with Crippen LogP contribution in [0.15, 0.2) is 16.8 Å². The van der Waals surface area contributed by atoms with Crippen LogP contribution in [-0.2, 0) is 7.05 Å². The molecule has 0 spiro atoms. The average Bonchev–Trinajstić information content (AvgIpc) is 2.99. The summed E-state index contributed by atoms with van der Waals surface area (Å²) in [7, 11) is 1.98. The zero-order valence-corrected chi connectivity index (χ0v) is 10.8. The van der Waals surface area contributed by atoms with Crippen LogP contribution in [0.2, 0.25) is 0 Å². The van der Waals surface area contributed by atoms with Gasteiger partial charge < -0.3 is 4.90 Å². The molecule has 0 atom stereocenters. The van der Waals surface area contributed by atoms with Crippen molar-refractivity contribution in [2.24, 2.45) is 7.05 Å². The number of anilines is 1. The van der Waals surface area contributed by atoms with Crippen molar-refractivity contribution in [1.82, 2.24) is 14.8 Å². The number of hydrogen-bond acceptors (Lipinski definition) is 4. The molecule has 0 aliphatic carbocycles. The average molecular weight is 248 g/mol. The second-order valence-electron chi connectivity index (χ2n) is 4.42. The maximum absolute atomic E-state index is 4.66. The molecule has 0 saturated carbocycles. The van der Waals surface area contributed by atoms with E-state index in [0.29, 0.717) is 0 Å². The molecular weight excluding hydrogens is 232 g/mol. The normalized spacial score (nSPS) is 16.4. The van der Waals surface area contributed by atoms with E-state index in [4.69, 9.17) is 0 Å². The molecule has 3 heterocycles. The number of aromatic nitrogens is 3. The molecule has 0 bridgehead atoms. The molecule has 2 aromatic heterocycles. The van der Waals surface area contributed by atoms with Crippen molar-refractivity contribution in [1.29, 1.82) is 0 Å². The molecule has 0 unspecified atom stereocenters. The highest BCUT2D eigenvalue weighted by molar-refractivity contribution is 7.08. The Balaban J connectivity index is 1.90. The fourth-order valence-electron chi connectivity index (χ4n) is 2.26. The van der Waals surface area contributed by atoms with Gasteiger partial charge in [-0.25, -0.2) is 4.68 Å². The van der Waals surface area contributed by atoms with Gasteiger partial charge >= 0.3 is 0 Å². The lowest BCUT2D eigenvalue weighted by Gasteiger charge is -2.26. The van der Waals surface area contributed by atoms with E-state index in [1.807, 2.05) is 11.7 Å². The van der Waals surface area contributed by atoms with E-state index in [9.17, 15) is 0 Å². The highest BCUT2D eigenvalue weighted by Gasteiger charge is 2.17. The number of nitrogens with zero attached hydrogens (tertiary/aromatic N) is 4. The standard InChI is InChI=1S/C12H16N4S/c1-15-12(16-6-3-2-4-7-16)13-11(14-15)10-5-8-17-9-10/h5,8-9H,2-4,6-7H2,1H3. The molecule has 1 fully saturated rings. The Bertz CT molecular complexity index is 483. The van der Waals surface area contributed by atoms with Crippen LogP contribution in [0.1, 0.15) is 19.3 Å². The molecule has 5 heteroatoms. The second-order valence-corrected chi connectivity index (χ2v) is 5.20. The third-order valence-electron chi connectivity index (χ3n) is 3.16. The Morgan fingerprint density at radius 3 is 2.76 bits per heavy atom. The van der Waals surface area contributed by atoms with E-state index < -0.39 is 0 Å². The molecule has 4 nitrogen and oxygen atoms in total. The monoisotopic (exact) mass is 248 g/mol. The fraction of sp³-hybridized carbons (Fsp3) is 0.500. The molecule has 0 radical (unpaired) electrons. The zero-order chi connectivity index (χ0) is 11.7. The van der Waals surface area contributed by atoms with Crippen LogP contribution in [0.3, 0.4) is 0 Å². The third kappa shape index (κ3) is 2.07. The van der Waals surface area contributed by atoms with Crippen LogP contribution in [0.4, 0.5) is 5.95 Å². The first-order valence-electron chi connectivity index (χ1n) is 6.03. The largest absolute Gasteiger partial charge is 0.341 e. The summed E-state index contributed by atoms with van der Waals surface area (Å²) in [6, 6.07) is 2.07. The Labute approximate surface area is 105 Å². The van der Waals surface area contributed by atoms with Gasteiger partial charge in [0.25, 0.3) is 0 Å². The maximum atomic E-state index is 4.66. The molecule has 90 valence electrons. The van der Waals surface area contributed by atoms with Crippen molar-refractivity contribution in [3.05, 3.63) is 16.8 Å². The van der Waals surface area contributed by atoms with E-state index in [2.05, 4.69) is 31.8 Å². The number of rotatable bonds is 2. The van der Waals surface area contributed by atoms with Gasteiger partial charge in [-0.2, -0.15) is 16.3 Å². The van der Waals surface area contributed by atoms with Crippen molar-refractivity contribution in [3.8, 4) is 11.4 Å². The Morgan fingerprint density at radius 2 is 2.06 bits per heavy atom. The summed E-state index contributed by atoms with van der Waals surface area (Å²) in [6.45, 7) is 2.21. The van der Waals surface area contributed by atoms with Crippen molar-refractivity contribution < 1.29 is 0 Å². The third-order valence-corrected chi connectivity index (χ3v) is 3.84. The van der Waals surface area contributed by atoms with Crippen molar-refractivity contribution >= 4 is 17.3 Å². The number of hydrogen-bond donors (Lipinski definition) is 0. The molecule has 2 aromatic rings. The van der Waals surface area contributed by atoms with Gasteiger partial charge in [-0.1, -0.05) is 0 Å². The highest BCUT2D eigenvalue weighted by Crippen LogP contribution is 2.23. The minimum absolute atomic E-state index is 0.842. The summed E-state index contributed by atoms with van der Waals surface area (Å²) in [5, 5.41) is 8.65. The lowest BCUT2D eigenvalue weighted by molar-refractivity contribution is 0.557. The summed E-state index contributed by atoms with van der Waals surface area (Å²) in [4.78, 5) is 7.00. The van der Waals surface area contributed by atoms with E-state index in [1.165, 1.54) is 19.3 Å². The first-order valence-corrected chi connectivity index (χ1v) is 6.97. The van der Waals surface area contributed by atoms with Gasteiger partial charge in [0.1, 0.15) is 0 Å². The van der Waals surface area contributed by atoms with Gasteiger partial charge in [-0.05, 0) is 30.7 Å². The minimum atomic E-state index is 0.842. The lowest BCUT2D eigenvalue weighted by atomic mass is 10.1. The summed E-state index contributed by atoms with van der Waals surface area (Å²) in [5.74, 6) is 1.85. The second kappa shape index (κ2) is 4.49. The summed E-state index contributed by atoms with van der Waals surface area (Å²) < 4.78 is 1.90. The Hall–Kier alpha value is -1.36. The van der Waals surface area contributed by atoms with Crippen LogP contribution >= 0.6 is 11.3 Å². The van der Waals surface area contributed by atoms with Crippen LogP contribution < -0.4 is 4.90 Å². The van der Waals surface area contributed by atoms with Crippen molar-refractivity contribution in [2.75, 3.05) is 18.0 Å². The first kappa shape index (κ1) is 10.8. The Kier molecular flexibility index (Phi) is 2.84. The molecule has 0 aromatic carbocycles. The van der Waals surface area contributed by atoms with Gasteiger partial charge in [-0.3, -0.25) is 0 Å². The summed E-state index contributed by atoms with van der Waals surface area (Å²) >= 11 is 1.68. The van der Waals surface area contributed by atoms with E-state index in [0.717, 1.165) is 30.4 Å². The van der Waals surface area contributed by atoms with E-state index >= 15 is 0 Å². The van der Waals surface area contributed by atoms with Crippen molar-refractivity contribution in [2.45, 2.75) is 19.3 Å². The highest BCUT2D eigenvalue weighted by atomic mass is 32.1. The number of thiophene rings is 1. The predicted molar refractivity (Wildman–Crippen MR) is 70.4 cm³/mol. The van der Waals surface area contributed by atoms with Crippen molar-refractivity contribution in [3.63, 3.8) is 0 Å². The minimum Gasteiger partial charge on any atom is -0.341 e. The van der Waals surface area contributed by atoms with Gasteiger partial charge in [0.15, 0.2) is 5.82 Å². The first-order chi connectivity index (χ1) is 8.34. The molecule has 3 rings (SSSR count). The van der Waals surface area contributed by atoms with Gasteiger partial charge in [-0.15, -0.1) is 5.10 Å². The zero-order valence-electron chi connectivity index (χ0n) is 9.96. The van der Waals surface area contributed by atoms with Crippen LogP contribution in [0.25, 0.3) is 11.4 Å². The summed E-state index contributed by atoms with van der Waals surface area (Å²) in [5.41, 5.74) is 1.12. The van der Waals surface area contributed by atoms with Crippen LogP contribution in [0.5, 0.6) is 0 Å². The Morgan fingerprint density at radius 1 is 1.24 bits per heavy atom. The lowest BCUT2D eigenvalue weighted by Crippen LogP contribution is -2.31. The molecule has 17 heavy (non-hydrogen) atoms. The van der Waals surface area contributed by atoms with Crippen LogP contribution in [-0.4, -0.2) is 27.9 Å². The fourth-order valence-corrected chi connectivity index (χ4v) is 2.89. The summed E-state index contributed by atoms with van der Waals surface area (Å²) in [6.07, 6.45) is 3.87. The van der Waals surface area contributed by atoms with E-state index in [-0.39, 0.29) is 0 Å². The number of piperidine rings is 1. The molecule has 1 aliphatic heterocycles.